The van der Waals surface area contributed by atoms with Crippen molar-refractivity contribution in [1.82, 2.24) is 10.6 Å². The number of amides is 2. The molecule has 1 aliphatic heterocycles. The van der Waals surface area contributed by atoms with Crippen LogP contribution in [0.15, 0.2) is 66.0 Å². The number of carbonyl (C=O) groups excluding carboxylic acids is 2. The predicted octanol–water partition coefficient (Wildman–Crippen LogP) is 3.69. The van der Waals surface area contributed by atoms with Crippen molar-refractivity contribution in [3.8, 4) is 11.1 Å². The average molecular weight is 493 g/mol. The monoisotopic (exact) mass is 492 g/mol. The highest BCUT2D eigenvalue weighted by molar-refractivity contribution is 7.10. The normalized spacial score (nSPS) is 19.4. The van der Waals surface area contributed by atoms with Gasteiger partial charge in [0.2, 0.25) is 0 Å². The van der Waals surface area contributed by atoms with Crippen molar-refractivity contribution in [1.29, 1.82) is 0 Å². The lowest BCUT2D eigenvalue weighted by Gasteiger charge is -2.22. The Hall–Kier alpha value is -3.69. The molecule has 3 N–H and O–H groups in total. The molecule has 1 unspecified atom stereocenters. The summed E-state index contributed by atoms with van der Waals surface area (Å²) >= 11 is 1.24. The molecule has 35 heavy (non-hydrogen) atoms. The molecule has 180 valence electrons. The van der Waals surface area contributed by atoms with E-state index in [-0.39, 0.29) is 19.1 Å². The van der Waals surface area contributed by atoms with Gasteiger partial charge in [0.05, 0.1) is 6.04 Å². The fourth-order valence-corrected chi connectivity index (χ4v) is 5.49. The van der Waals surface area contributed by atoms with E-state index in [9.17, 15) is 19.5 Å². The quantitative estimate of drug-likeness (QED) is 0.464. The van der Waals surface area contributed by atoms with Gasteiger partial charge in [-0.25, -0.2) is 9.59 Å². The zero-order valence-electron chi connectivity index (χ0n) is 18.7. The minimum Gasteiger partial charge on any atom is -0.479 e. The first-order valence-corrected chi connectivity index (χ1v) is 12.2. The molecular weight excluding hydrogens is 468 g/mol. The second kappa shape index (κ2) is 9.89. The molecule has 0 radical (unpaired) electrons. The number of hydrogen-bond acceptors (Lipinski definition) is 6. The van der Waals surface area contributed by atoms with Gasteiger partial charge in [0.25, 0.3) is 5.91 Å². The standard InChI is InChI=1S/C26H24N2O6S/c29-24(28-22(25(30)31)21-10-5-13-35-21)23-20(11-12-33-23)27-26(32)34-14-19-17-8-3-1-6-15(17)16-7-2-4-9-18(16)19/h1-10,13,19-20,22-23H,11-12,14H2,(H,27,32)(H,28,29)(H,30,31)/t20-,22?,23+/m1/s1. The van der Waals surface area contributed by atoms with Crippen LogP contribution in [0.3, 0.4) is 0 Å². The van der Waals surface area contributed by atoms with Crippen molar-refractivity contribution in [3.05, 3.63) is 82.0 Å². The van der Waals surface area contributed by atoms with Gasteiger partial charge in [-0.2, -0.15) is 0 Å². The van der Waals surface area contributed by atoms with Crippen LogP contribution in [0.5, 0.6) is 0 Å². The molecule has 9 heteroatoms. The summed E-state index contributed by atoms with van der Waals surface area (Å²) in [5.41, 5.74) is 4.49. The predicted molar refractivity (Wildman–Crippen MR) is 129 cm³/mol. The maximum absolute atomic E-state index is 12.8. The molecule has 0 saturated carbocycles. The van der Waals surface area contributed by atoms with E-state index in [0.717, 1.165) is 22.3 Å². The molecule has 1 saturated heterocycles. The molecule has 3 atom stereocenters. The zero-order valence-corrected chi connectivity index (χ0v) is 19.5. The summed E-state index contributed by atoms with van der Waals surface area (Å²) in [7, 11) is 0. The number of ether oxygens (including phenoxy) is 2. The number of alkyl carbamates (subject to hydrolysis) is 1. The van der Waals surface area contributed by atoms with Gasteiger partial charge in [0, 0.05) is 17.4 Å². The van der Waals surface area contributed by atoms with Crippen LogP contribution in [0.4, 0.5) is 4.79 Å². The number of aliphatic carboxylic acids is 1. The minimum atomic E-state index is -1.18. The summed E-state index contributed by atoms with van der Waals surface area (Å²) in [5, 5.41) is 16.5. The Kier molecular flexibility index (Phi) is 6.52. The van der Waals surface area contributed by atoms with E-state index < -0.39 is 36.2 Å². The van der Waals surface area contributed by atoms with Crippen LogP contribution in [0.1, 0.15) is 34.4 Å². The van der Waals surface area contributed by atoms with Crippen LogP contribution in [0.25, 0.3) is 11.1 Å². The van der Waals surface area contributed by atoms with E-state index in [1.165, 1.54) is 11.3 Å². The Morgan fingerprint density at radius 1 is 1.03 bits per heavy atom. The molecule has 0 bridgehead atoms. The smallest absolute Gasteiger partial charge is 0.407 e. The van der Waals surface area contributed by atoms with Crippen LogP contribution >= 0.6 is 11.3 Å². The number of benzene rings is 2. The van der Waals surface area contributed by atoms with Crippen molar-refractivity contribution >= 4 is 29.3 Å². The van der Waals surface area contributed by atoms with Gasteiger partial charge in [-0.05, 0) is 40.1 Å². The Morgan fingerprint density at radius 3 is 2.34 bits per heavy atom. The highest BCUT2D eigenvalue weighted by atomic mass is 32.1. The van der Waals surface area contributed by atoms with Gasteiger partial charge in [-0.1, -0.05) is 54.6 Å². The number of nitrogens with one attached hydrogen (secondary N) is 2. The van der Waals surface area contributed by atoms with Crippen LogP contribution in [-0.2, 0) is 19.1 Å². The fraction of sp³-hybridized carbons (Fsp3) is 0.269. The molecule has 5 rings (SSSR count). The second-order valence-electron chi connectivity index (χ2n) is 8.45. The van der Waals surface area contributed by atoms with Crippen LogP contribution in [-0.4, -0.2) is 48.4 Å². The summed E-state index contributed by atoms with van der Waals surface area (Å²) in [6.45, 7) is 0.424. The maximum Gasteiger partial charge on any atom is 0.407 e. The Labute approximate surface area is 205 Å². The van der Waals surface area contributed by atoms with E-state index in [4.69, 9.17) is 9.47 Å². The number of fused-ring (bicyclic) bond motifs is 3. The lowest BCUT2D eigenvalue weighted by atomic mass is 9.98. The molecule has 2 heterocycles. The number of thiophene rings is 1. The van der Waals surface area contributed by atoms with Crippen molar-refractivity contribution in [2.75, 3.05) is 13.2 Å². The largest absolute Gasteiger partial charge is 0.479 e. The summed E-state index contributed by atoms with van der Waals surface area (Å²) in [6.07, 6.45) is -1.23. The van der Waals surface area contributed by atoms with Gasteiger partial charge in [-0.3, -0.25) is 4.79 Å². The highest BCUT2D eigenvalue weighted by Gasteiger charge is 2.38. The third kappa shape index (κ3) is 4.65. The summed E-state index contributed by atoms with van der Waals surface area (Å²) in [4.78, 5) is 37.6. The molecule has 1 aromatic heterocycles. The summed E-state index contributed by atoms with van der Waals surface area (Å²) in [5.74, 6) is -1.83. The molecule has 2 aliphatic rings. The summed E-state index contributed by atoms with van der Waals surface area (Å²) < 4.78 is 11.1. The van der Waals surface area contributed by atoms with Crippen LogP contribution in [0, 0.1) is 0 Å². The number of hydrogen-bond donors (Lipinski definition) is 3. The minimum absolute atomic E-state index is 0.0748. The lowest BCUT2D eigenvalue weighted by molar-refractivity contribution is -0.144. The van der Waals surface area contributed by atoms with Crippen molar-refractivity contribution in [2.45, 2.75) is 30.5 Å². The topological polar surface area (TPSA) is 114 Å². The van der Waals surface area contributed by atoms with Crippen LogP contribution < -0.4 is 10.6 Å². The lowest BCUT2D eigenvalue weighted by Crippen LogP contribution is -2.49. The van der Waals surface area contributed by atoms with Crippen molar-refractivity contribution < 1.29 is 29.0 Å². The second-order valence-corrected chi connectivity index (χ2v) is 9.43. The number of rotatable bonds is 7. The van der Waals surface area contributed by atoms with Gasteiger partial charge in [0.1, 0.15) is 6.61 Å². The molecule has 2 aromatic carbocycles. The van der Waals surface area contributed by atoms with E-state index >= 15 is 0 Å². The van der Waals surface area contributed by atoms with Gasteiger partial charge < -0.3 is 25.2 Å². The maximum atomic E-state index is 12.8. The third-order valence-corrected chi connectivity index (χ3v) is 7.30. The average Bonchev–Trinajstić information content (AvgIpc) is 3.61. The van der Waals surface area contributed by atoms with E-state index in [1.807, 2.05) is 36.4 Å². The fourth-order valence-electron chi connectivity index (χ4n) is 4.72. The van der Waals surface area contributed by atoms with Gasteiger partial charge >= 0.3 is 12.1 Å². The van der Waals surface area contributed by atoms with E-state index in [2.05, 4.69) is 22.8 Å². The first kappa shape index (κ1) is 23.1. The highest BCUT2D eigenvalue weighted by Crippen LogP contribution is 2.44. The Balaban J connectivity index is 1.21. The zero-order chi connectivity index (χ0) is 24.4. The Morgan fingerprint density at radius 2 is 1.71 bits per heavy atom. The van der Waals surface area contributed by atoms with Crippen molar-refractivity contribution in [3.63, 3.8) is 0 Å². The molecule has 1 fully saturated rings. The number of carboxylic acid groups (broad SMARTS) is 1. The third-order valence-electron chi connectivity index (χ3n) is 6.36. The van der Waals surface area contributed by atoms with Crippen molar-refractivity contribution in [2.24, 2.45) is 0 Å². The SMILES string of the molecule is O=C(N[C@@H]1CCO[C@@H]1C(=O)NC(C(=O)O)c1cccs1)OCC1c2ccccc2-c2ccccc21. The molecular formula is C26H24N2O6S. The number of carbonyl (C=O) groups is 3. The molecule has 8 nitrogen and oxygen atoms in total. The van der Waals surface area contributed by atoms with Gasteiger partial charge in [0.15, 0.2) is 12.1 Å². The van der Waals surface area contributed by atoms with Crippen LogP contribution in [0.2, 0.25) is 0 Å². The molecule has 3 aromatic rings. The first-order chi connectivity index (χ1) is 17.0. The number of carboxylic acids is 1. The first-order valence-electron chi connectivity index (χ1n) is 11.3. The molecule has 0 spiro atoms. The van der Waals surface area contributed by atoms with E-state index in [1.54, 1.807) is 17.5 Å². The Bertz CT molecular complexity index is 1200. The summed E-state index contributed by atoms with van der Waals surface area (Å²) in [6, 6.07) is 17.7. The molecule has 1 aliphatic carbocycles. The molecule has 2 amide bonds. The van der Waals surface area contributed by atoms with Gasteiger partial charge in [-0.15, -0.1) is 11.3 Å². The van der Waals surface area contributed by atoms with E-state index in [0.29, 0.717) is 11.3 Å².